The molecule has 0 spiro atoms. The summed E-state index contributed by atoms with van der Waals surface area (Å²) in [4.78, 5) is 1.85. The molecule has 1 rings (SSSR count). The van der Waals surface area contributed by atoms with Gasteiger partial charge in [0.2, 0.25) is 0 Å². The molecule has 0 aromatic heterocycles. The van der Waals surface area contributed by atoms with E-state index in [1.54, 1.807) is 12.1 Å². The largest absolute Gasteiger partial charge is 0.399 e. The van der Waals surface area contributed by atoms with Crippen molar-refractivity contribution in [3.8, 4) is 0 Å². The minimum Gasteiger partial charge on any atom is -0.399 e. The van der Waals surface area contributed by atoms with Crippen LogP contribution in [0.1, 0.15) is 6.92 Å². The van der Waals surface area contributed by atoms with Gasteiger partial charge >= 0.3 is 0 Å². The van der Waals surface area contributed by atoms with Crippen LogP contribution in [-0.4, -0.2) is 31.8 Å². The van der Waals surface area contributed by atoms with E-state index in [0.29, 0.717) is 12.2 Å². The lowest BCUT2D eigenvalue weighted by atomic mass is 10.2. The van der Waals surface area contributed by atoms with Gasteiger partial charge in [-0.3, -0.25) is 4.55 Å². The predicted octanol–water partition coefficient (Wildman–Crippen LogP) is 0.983. The number of benzene rings is 1. The summed E-state index contributed by atoms with van der Waals surface area (Å²) in [6.45, 7) is 2.85. The lowest BCUT2D eigenvalue weighted by Crippen LogP contribution is -2.28. The molecule has 0 unspecified atom stereocenters. The van der Waals surface area contributed by atoms with Crippen LogP contribution in [0.2, 0.25) is 0 Å². The second-order valence-corrected chi connectivity index (χ2v) is 5.03. The Morgan fingerprint density at radius 1 is 1.31 bits per heavy atom. The van der Waals surface area contributed by atoms with Crippen molar-refractivity contribution in [3.63, 3.8) is 0 Å². The van der Waals surface area contributed by atoms with Crippen molar-refractivity contribution in [1.82, 2.24) is 0 Å². The molecule has 0 aliphatic carbocycles. The topological polar surface area (TPSA) is 83.6 Å². The highest BCUT2D eigenvalue weighted by molar-refractivity contribution is 7.85. The molecular weight excluding hydrogens is 228 g/mol. The van der Waals surface area contributed by atoms with Crippen LogP contribution >= 0.6 is 0 Å². The Labute approximate surface area is 95.6 Å². The number of hydrogen-bond donors (Lipinski definition) is 2. The van der Waals surface area contributed by atoms with Gasteiger partial charge in [-0.1, -0.05) is 0 Å². The van der Waals surface area contributed by atoms with E-state index in [1.165, 1.54) is 0 Å². The van der Waals surface area contributed by atoms with E-state index in [4.69, 9.17) is 10.3 Å². The van der Waals surface area contributed by atoms with Gasteiger partial charge in [0.25, 0.3) is 10.1 Å². The molecule has 90 valence electrons. The van der Waals surface area contributed by atoms with Crippen molar-refractivity contribution in [2.75, 3.05) is 29.5 Å². The van der Waals surface area contributed by atoms with E-state index in [2.05, 4.69) is 0 Å². The Hall–Kier alpha value is -1.27. The molecule has 1 aromatic rings. The Balaban J connectivity index is 2.71. The molecule has 5 nitrogen and oxygen atoms in total. The average molecular weight is 244 g/mol. The van der Waals surface area contributed by atoms with Crippen molar-refractivity contribution in [2.45, 2.75) is 6.92 Å². The normalized spacial score (nSPS) is 11.4. The van der Waals surface area contributed by atoms with E-state index >= 15 is 0 Å². The van der Waals surface area contributed by atoms with E-state index in [0.717, 1.165) is 5.69 Å². The summed E-state index contributed by atoms with van der Waals surface area (Å²) in [5.41, 5.74) is 7.11. The van der Waals surface area contributed by atoms with Crippen LogP contribution in [0.4, 0.5) is 11.4 Å². The fourth-order valence-corrected chi connectivity index (χ4v) is 1.83. The Bertz CT molecular complexity index is 428. The quantitative estimate of drug-likeness (QED) is 0.596. The van der Waals surface area contributed by atoms with Gasteiger partial charge in [-0.25, -0.2) is 0 Å². The zero-order chi connectivity index (χ0) is 12.2. The minimum absolute atomic E-state index is 0.263. The number of anilines is 2. The number of nitrogen functional groups attached to an aromatic ring is 1. The minimum atomic E-state index is -3.91. The number of rotatable bonds is 5. The highest BCUT2D eigenvalue weighted by Crippen LogP contribution is 2.15. The van der Waals surface area contributed by atoms with E-state index in [-0.39, 0.29) is 12.3 Å². The third kappa shape index (κ3) is 4.08. The molecule has 0 heterocycles. The fourth-order valence-electron chi connectivity index (χ4n) is 1.38. The van der Waals surface area contributed by atoms with Crippen molar-refractivity contribution in [1.29, 1.82) is 0 Å². The molecule has 6 heteroatoms. The van der Waals surface area contributed by atoms with Gasteiger partial charge in [-0.2, -0.15) is 8.42 Å². The number of nitrogens with two attached hydrogens (primary N) is 1. The van der Waals surface area contributed by atoms with Gasteiger partial charge < -0.3 is 10.6 Å². The first kappa shape index (κ1) is 12.8. The van der Waals surface area contributed by atoms with Crippen molar-refractivity contribution < 1.29 is 13.0 Å². The lowest BCUT2D eigenvalue weighted by molar-refractivity contribution is 0.482. The van der Waals surface area contributed by atoms with Crippen LogP contribution in [0.3, 0.4) is 0 Å². The zero-order valence-corrected chi connectivity index (χ0v) is 9.94. The maximum Gasteiger partial charge on any atom is 0.266 e. The SMILES string of the molecule is CCN(CCS(=O)(=O)O)c1ccc(N)cc1. The molecule has 0 saturated carbocycles. The molecule has 3 N–H and O–H groups in total. The molecular formula is C10H16N2O3S. The van der Waals surface area contributed by atoms with E-state index in [9.17, 15) is 8.42 Å². The summed E-state index contributed by atoms with van der Waals surface area (Å²) in [7, 11) is -3.91. The van der Waals surface area contributed by atoms with Gasteiger partial charge in [0.05, 0.1) is 5.75 Å². The van der Waals surface area contributed by atoms with Crippen LogP contribution in [0.5, 0.6) is 0 Å². The third-order valence-electron chi connectivity index (χ3n) is 2.26. The molecule has 0 bridgehead atoms. The summed E-state index contributed by atoms with van der Waals surface area (Å²) in [6, 6.07) is 7.16. The smallest absolute Gasteiger partial charge is 0.266 e. The molecule has 0 amide bonds. The first-order valence-corrected chi connectivity index (χ1v) is 6.59. The summed E-state index contributed by atoms with van der Waals surface area (Å²) >= 11 is 0. The maximum absolute atomic E-state index is 10.6. The van der Waals surface area contributed by atoms with Crippen molar-refractivity contribution in [2.24, 2.45) is 0 Å². The van der Waals surface area contributed by atoms with Crippen molar-refractivity contribution >= 4 is 21.5 Å². The van der Waals surface area contributed by atoms with Gasteiger partial charge in [-0.15, -0.1) is 0 Å². The molecule has 0 aliphatic rings. The van der Waals surface area contributed by atoms with Crippen molar-refractivity contribution in [3.05, 3.63) is 24.3 Å². The fraction of sp³-hybridized carbons (Fsp3) is 0.400. The predicted molar refractivity (Wildman–Crippen MR) is 65.2 cm³/mol. The van der Waals surface area contributed by atoms with Crippen LogP contribution in [0.15, 0.2) is 24.3 Å². The molecule has 16 heavy (non-hydrogen) atoms. The molecule has 0 radical (unpaired) electrons. The van der Waals surface area contributed by atoms with Crippen LogP contribution in [-0.2, 0) is 10.1 Å². The first-order valence-electron chi connectivity index (χ1n) is 4.98. The number of nitrogens with zero attached hydrogens (tertiary/aromatic N) is 1. The molecule has 0 aliphatic heterocycles. The van der Waals surface area contributed by atoms with Crippen LogP contribution in [0.25, 0.3) is 0 Å². The van der Waals surface area contributed by atoms with E-state index in [1.807, 2.05) is 24.0 Å². The molecule has 0 saturated heterocycles. The second kappa shape index (κ2) is 5.18. The molecule has 0 fully saturated rings. The van der Waals surface area contributed by atoms with Gasteiger partial charge in [-0.05, 0) is 31.2 Å². The molecule has 0 atom stereocenters. The average Bonchev–Trinajstić information content (AvgIpc) is 2.20. The molecule has 1 aromatic carbocycles. The third-order valence-corrected chi connectivity index (χ3v) is 2.96. The first-order chi connectivity index (χ1) is 7.42. The Morgan fingerprint density at radius 3 is 2.31 bits per heavy atom. The Kier molecular flexibility index (Phi) is 4.14. The maximum atomic E-state index is 10.6. The lowest BCUT2D eigenvalue weighted by Gasteiger charge is -2.22. The number of hydrogen-bond acceptors (Lipinski definition) is 4. The summed E-state index contributed by atoms with van der Waals surface area (Å²) in [6.07, 6.45) is 0. The standard InChI is InChI=1S/C10H16N2O3S/c1-2-12(7-8-16(13,14)15)10-5-3-9(11)4-6-10/h3-6H,2,7-8,11H2,1H3,(H,13,14,15). The summed E-state index contributed by atoms with van der Waals surface area (Å²) in [5, 5.41) is 0. The highest BCUT2D eigenvalue weighted by atomic mass is 32.2. The van der Waals surface area contributed by atoms with Gasteiger partial charge in [0, 0.05) is 24.5 Å². The van der Waals surface area contributed by atoms with Gasteiger partial charge in [0.1, 0.15) is 0 Å². The van der Waals surface area contributed by atoms with E-state index < -0.39 is 10.1 Å². The monoisotopic (exact) mass is 244 g/mol. The van der Waals surface area contributed by atoms with Gasteiger partial charge in [0.15, 0.2) is 0 Å². The summed E-state index contributed by atoms with van der Waals surface area (Å²) in [5.74, 6) is -0.273. The summed E-state index contributed by atoms with van der Waals surface area (Å²) < 4.78 is 30.0. The second-order valence-electron chi connectivity index (χ2n) is 3.46. The Morgan fingerprint density at radius 2 is 1.88 bits per heavy atom. The van der Waals surface area contributed by atoms with Crippen LogP contribution < -0.4 is 10.6 Å². The van der Waals surface area contributed by atoms with Crippen LogP contribution in [0, 0.1) is 0 Å². The zero-order valence-electron chi connectivity index (χ0n) is 9.13. The highest BCUT2D eigenvalue weighted by Gasteiger charge is 2.09.